The Morgan fingerprint density at radius 1 is 1.21 bits per heavy atom. The third-order valence-electron chi connectivity index (χ3n) is 2.27. The van der Waals surface area contributed by atoms with Crippen LogP contribution in [0.3, 0.4) is 0 Å². The summed E-state index contributed by atoms with van der Waals surface area (Å²) in [5, 5.41) is 13.3. The molecule has 0 amide bonds. The van der Waals surface area contributed by atoms with E-state index in [0.717, 1.165) is 0 Å². The molecule has 3 N–H and O–H groups in total. The van der Waals surface area contributed by atoms with Crippen molar-refractivity contribution in [2.24, 2.45) is 10.9 Å². The number of aromatic nitrogens is 1. The fourth-order valence-electron chi connectivity index (χ4n) is 1.44. The number of oxime groups is 1. The van der Waals surface area contributed by atoms with Gasteiger partial charge in [0.1, 0.15) is 5.03 Å². The molecule has 19 heavy (non-hydrogen) atoms. The van der Waals surface area contributed by atoms with Crippen LogP contribution < -0.4 is 5.73 Å². The maximum absolute atomic E-state index is 8.81. The van der Waals surface area contributed by atoms with Gasteiger partial charge in [-0.2, -0.15) is 0 Å². The van der Waals surface area contributed by atoms with Gasteiger partial charge < -0.3 is 10.9 Å². The number of benzene rings is 1. The Hall–Kier alpha value is -1.43. The number of hydrogen-bond acceptors (Lipinski definition) is 4. The Morgan fingerprint density at radius 2 is 1.95 bits per heavy atom. The minimum Gasteiger partial charge on any atom is -0.409 e. The molecule has 0 bridgehead atoms. The van der Waals surface area contributed by atoms with Crippen molar-refractivity contribution in [1.29, 1.82) is 0 Å². The molecule has 0 unspecified atom stereocenters. The van der Waals surface area contributed by atoms with Crippen LogP contribution in [0.15, 0.2) is 51.6 Å². The number of amidine groups is 1. The van der Waals surface area contributed by atoms with E-state index >= 15 is 0 Å². The van der Waals surface area contributed by atoms with E-state index in [1.165, 1.54) is 11.8 Å². The number of nitrogens with two attached hydrogens (primary N) is 1. The molecule has 0 aliphatic rings. The molecular formula is C12H9Cl2N3OS. The summed E-state index contributed by atoms with van der Waals surface area (Å²) in [4.78, 5) is 4.89. The van der Waals surface area contributed by atoms with Crippen molar-refractivity contribution in [1.82, 2.24) is 4.98 Å². The molecule has 0 radical (unpaired) electrons. The van der Waals surface area contributed by atoms with Crippen LogP contribution in [0.2, 0.25) is 10.0 Å². The van der Waals surface area contributed by atoms with Gasteiger partial charge in [-0.3, -0.25) is 0 Å². The van der Waals surface area contributed by atoms with Crippen molar-refractivity contribution in [2.75, 3.05) is 0 Å². The van der Waals surface area contributed by atoms with Crippen LogP contribution in [-0.4, -0.2) is 16.0 Å². The van der Waals surface area contributed by atoms with Crippen LogP contribution in [0.5, 0.6) is 0 Å². The van der Waals surface area contributed by atoms with E-state index in [1.807, 2.05) is 0 Å². The first-order valence-corrected chi connectivity index (χ1v) is 6.75. The van der Waals surface area contributed by atoms with Crippen molar-refractivity contribution < 1.29 is 5.21 Å². The maximum Gasteiger partial charge on any atom is 0.172 e. The average Bonchev–Trinajstić information content (AvgIpc) is 2.41. The monoisotopic (exact) mass is 313 g/mol. The second-order valence-corrected chi connectivity index (χ2v) is 5.34. The predicted octanol–water partition coefficient (Wildman–Crippen LogP) is 3.63. The highest BCUT2D eigenvalue weighted by molar-refractivity contribution is 7.99. The van der Waals surface area contributed by atoms with Gasteiger partial charge in [0.25, 0.3) is 0 Å². The number of hydrogen-bond donors (Lipinski definition) is 2. The Labute approximate surface area is 124 Å². The molecule has 0 saturated carbocycles. The number of pyridine rings is 1. The van der Waals surface area contributed by atoms with Gasteiger partial charge in [0.05, 0.1) is 15.6 Å². The highest BCUT2D eigenvalue weighted by Crippen LogP contribution is 2.35. The molecule has 0 saturated heterocycles. The summed E-state index contributed by atoms with van der Waals surface area (Å²) < 4.78 is 0. The van der Waals surface area contributed by atoms with Gasteiger partial charge in [0.2, 0.25) is 0 Å². The van der Waals surface area contributed by atoms with E-state index in [1.54, 1.807) is 36.5 Å². The van der Waals surface area contributed by atoms with E-state index in [0.29, 0.717) is 25.5 Å². The average molecular weight is 314 g/mol. The fourth-order valence-corrected chi connectivity index (χ4v) is 2.95. The lowest BCUT2D eigenvalue weighted by Gasteiger charge is -2.09. The minimum atomic E-state index is -0.0554. The Bertz CT molecular complexity index is 634. The largest absolute Gasteiger partial charge is 0.409 e. The summed E-state index contributed by atoms with van der Waals surface area (Å²) in [5.74, 6) is -0.0554. The van der Waals surface area contributed by atoms with E-state index in [-0.39, 0.29) is 5.84 Å². The number of rotatable bonds is 3. The molecule has 2 aromatic rings. The molecule has 0 aliphatic carbocycles. The first kappa shape index (κ1) is 14.0. The third-order valence-corrected chi connectivity index (χ3v) is 4.08. The van der Waals surface area contributed by atoms with E-state index in [4.69, 9.17) is 34.1 Å². The lowest BCUT2D eigenvalue weighted by Crippen LogP contribution is -2.14. The molecule has 0 aliphatic heterocycles. The summed E-state index contributed by atoms with van der Waals surface area (Å²) in [6.45, 7) is 0. The zero-order valence-corrected chi connectivity index (χ0v) is 11.9. The molecule has 2 rings (SSSR count). The molecule has 0 spiro atoms. The Kier molecular flexibility index (Phi) is 4.52. The van der Waals surface area contributed by atoms with Crippen LogP contribution in [0.25, 0.3) is 0 Å². The minimum absolute atomic E-state index is 0.0554. The SMILES string of the molecule is NC(=NO)c1c(Cl)cccc1Sc1ncccc1Cl. The lowest BCUT2D eigenvalue weighted by molar-refractivity contribution is 0.318. The number of halogens is 2. The van der Waals surface area contributed by atoms with Gasteiger partial charge >= 0.3 is 0 Å². The standard InChI is InChI=1S/C12H9Cl2N3OS/c13-7-3-1-5-9(10(7)11(15)17-18)19-12-8(14)4-2-6-16-12/h1-6,18H,(H2,15,17). The quantitative estimate of drug-likeness (QED) is 0.393. The van der Waals surface area contributed by atoms with Crippen molar-refractivity contribution in [3.63, 3.8) is 0 Å². The zero-order chi connectivity index (χ0) is 13.8. The molecule has 0 fully saturated rings. The summed E-state index contributed by atoms with van der Waals surface area (Å²) in [6.07, 6.45) is 1.64. The second-order valence-electron chi connectivity index (χ2n) is 3.49. The first-order valence-electron chi connectivity index (χ1n) is 5.18. The summed E-state index contributed by atoms with van der Waals surface area (Å²) in [5.41, 5.74) is 6.09. The van der Waals surface area contributed by atoms with Gasteiger partial charge in [-0.15, -0.1) is 0 Å². The van der Waals surface area contributed by atoms with Gasteiger partial charge in [-0.05, 0) is 24.3 Å². The van der Waals surface area contributed by atoms with Crippen molar-refractivity contribution >= 4 is 40.8 Å². The molecule has 1 aromatic carbocycles. The second kappa shape index (κ2) is 6.14. The number of nitrogens with zero attached hydrogens (tertiary/aromatic N) is 2. The Balaban J connectivity index is 2.47. The van der Waals surface area contributed by atoms with Gasteiger partial charge in [-0.25, -0.2) is 4.98 Å². The van der Waals surface area contributed by atoms with Crippen molar-refractivity contribution in [3.05, 3.63) is 52.1 Å². The first-order chi connectivity index (χ1) is 9.13. The lowest BCUT2D eigenvalue weighted by atomic mass is 10.2. The normalized spacial score (nSPS) is 11.6. The maximum atomic E-state index is 8.81. The third kappa shape index (κ3) is 3.12. The zero-order valence-electron chi connectivity index (χ0n) is 9.55. The van der Waals surface area contributed by atoms with E-state index < -0.39 is 0 Å². The molecule has 4 nitrogen and oxygen atoms in total. The van der Waals surface area contributed by atoms with Crippen LogP contribution in [0.1, 0.15) is 5.56 Å². The summed E-state index contributed by atoms with van der Waals surface area (Å²) in [6, 6.07) is 8.73. The van der Waals surface area contributed by atoms with Crippen LogP contribution in [0.4, 0.5) is 0 Å². The van der Waals surface area contributed by atoms with Gasteiger partial charge in [-0.1, -0.05) is 46.2 Å². The predicted molar refractivity (Wildman–Crippen MR) is 77.3 cm³/mol. The highest BCUT2D eigenvalue weighted by atomic mass is 35.5. The molecule has 7 heteroatoms. The molecular weight excluding hydrogens is 305 g/mol. The molecule has 98 valence electrons. The van der Waals surface area contributed by atoms with Crippen LogP contribution in [-0.2, 0) is 0 Å². The fraction of sp³-hybridized carbons (Fsp3) is 0. The van der Waals surface area contributed by atoms with E-state index in [2.05, 4.69) is 10.1 Å². The topological polar surface area (TPSA) is 71.5 Å². The van der Waals surface area contributed by atoms with Gasteiger partial charge in [0.15, 0.2) is 5.84 Å². The van der Waals surface area contributed by atoms with Crippen molar-refractivity contribution in [3.8, 4) is 0 Å². The summed E-state index contributed by atoms with van der Waals surface area (Å²) >= 11 is 13.4. The molecule has 1 aromatic heterocycles. The van der Waals surface area contributed by atoms with Crippen molar-refractivity contribution in [2.45, 2.75) is 9.92 Å². The Morgan fingerprint density at radius 3 is 2.63 bits per heavy atom. The molecule has 0 atom stereocenters. The van der Waals surface area contributed by atoms with Gasteiger partial charge in [0, 0.05) is 11.1 Å². The summed E-state index contributed by atoms with van der Waals surface area (Å²) in [7, 11) is 0. The smallest absolute Gasteiger partial charge is 0.172 e. The van der Waals surface area contributed by atoms with Crippen LogP contribution in [0, 0.1) is 0 Å². The highest BCUT2D eigenvalue weighted by Gasteiger charge is 2.14. The molecule has 1 heterocycles. The van der Waals surface area contributed by atoms with Crippen LogP contribution >= 0.6 is 35.0 Å². The van der Waals surface area contributed by atoms with E-state index in [9.17, 15) is 0 Å².